The summed E-state index contributed by atoms with van der Waals surface area (Å²) in [5, 5.41) is 3.35. The van der Waals surface area contributed by atoms with E-state index in [0.29, 0.717) is 5.92 Å². The number of nitrogens with one attached hydrogen (secondary N) is 1. The maximum atomic E-state index is 5.88. The van der Waals surface area contributed by atoms with Gasteiger partial charge in [-0.05, 0) is 64.5 Å². The molecule has 0 radical (unpaired) electrons. The highest BCUT2D eigenvalue weighted by molar-refractivity contribution is 5.30. The van der Waals surface area contributed by atoms with Crippen molar-refractivity contribution in [3.63, 3.8) is 0 Å². The number of aryl methyl sites for hydroxylation is 1. The lowest BCUT2D eigenvalue weighted by molar-refractivity contribution is 0.0472. The minimum absolute atomic E-state index is 0.130. The lowest BCUT2D eigenvalue weighted by Gasteiger charge is -2.41. The van der Waals surface area contributed by atoms with Gasteiger partial charge in [-0.25, -0.2) is 4.98 Å². The molecule has 4 aliphatic rings. The van der Waals surface area contributed by atoms with E-state index in [1.165, 1.54) is 35.6 Å². The van der Waals surface area contributed by atoms with Crippen molar-refractivity contribution >= 4 is 0 Å². The molecule has 1 saturated carbocycles. The van der Waals surface area contributed by atoms with Gasteiger partial charge in [-0.15, -0.1) is 0 Å². The van der Waals surface area contributed by atoms with Crippen LogP contribution in [0.1, 0.15) is 67.6 Å². The molecule has 2 unspecified atom stereocenters. The highest BCUT2D eigenvalue weighted by atomic mass is 15.4. The molecule has 2 aliphatic heterocycles. The first-order valence-electron chi connectivity index (χ1n) is 14.8. The number of pyridine rings is 1. The van der Waals surface area contributed by atoms with Crippen LogP contribution in [0.25, 0.3) is 0 Å². The molecular formula is C30H48N8. The zero-order chi connectivity index (χ0) is 26.7. The van der Waals surface area contributed by atoms with E-state index < -0.39 is 0 Å². The third-order valence-electron chi connectivity index (χ3n) is 9.04. The van der Waals surface area contributed by atoms with Gasteiger partial charge in [0, 0.05) is 63.8 Å². The average molecular weight is 521 g/mol. The van der Waals surface area contributed by atoms with E-state index in [1.54, 1.807) is 0 Å². The van der Waals surface area contributed by atoms with Gasteiger partial charge in [0.2, 0.25) is 0 Å². The van der Waals surface area contributed by atoms with Crippen molar-refractivity contribution in [1.82, 2.24) is 34.6 Å². The van der Waals surface area contributed by atoms with Gasteiger partial charge >= 0.3 is 0 Å². The van der Waals surface area contributed by atoms with E-state index in [0.717, 1.165) is 77.3 Å². The summed E-state index contributed by atoms with van der Waals surface area (Å²) < 4.78 is 2.67. The second kappa shape index (κ2) is 12.0. The molecule has 2 fully saturated rings. The summed E-state index contributed by atoms with van der Waals surface area (Å²) in [7, 11) is 4.27. The Morgan fingerprint density at radius 1 is 1.18 bits per heavy atom. The van der Waals surface area contributed by atoms with Crippen molar-refractivity contribution in [2.45, 2.75) is 70.7 Å². The van der Waals surface area contributed by atoms with Crippen LogP contribution in [0.2, 0.25) is 0 Å². The van der Waals surface area contributed by atoms with Crippen molar-refractivity contribution < 1.29 is 0 Å². The Kier molecular flexibility index (Phi) is 8.65. The van der Waals surface area contributed by atoms with Crippen molar-refractivity contribution in [1.29, 1.82) is 0 Å². The Balaban J connectivity index is 0.000000222. The van der Waals surface area contributed by atoms with Crippen LogP contribution in [0.5, 0.6) is 0 Å². The molecule has 8 nitrogen and oxygen atoms in total. The van der Waals surface area contributed by atoms with Crippen LogP contribution in [0.4, 0.5) is 0 Å². The molecule has 1 saturated heterocycles. The van der Waals surface area contributed by atoms with Crippen LogP contribution in [0.15, 0.2) is 30.5 Å². The summed E-state index contributed by atoms with van der Waals surface area (Å²) in [6, 6.07) is 4.29. The molecule has 3 atom stereocenters. The number of nitrogens with zero attached hydrogens (tertiary/aromatic N) is 6. The number of allylic oxidation sites excluding steroid dienone is 1. The van der Waals surface area contributed by atoms with Gasteiger partial charge in [0.15, 0.2) is 0 Å². The third-order valence-corrected chi connectivity index (χ3v) is 9.04. The number of fused-ring (bicyclic) bond motifs is 4. The monoisotopic (exact) mass is 520 g/mol. The summed E-state index contributed by atoms with van der Waals surface area (Å²) in [5.41, 5.74) is 11.1. The quantitative estimate of drug-likeness (QED) is 0.544. The number of imidazole rings is 1. The standard InChI is InChI=1S/C21H36N6.C9H12N2/c1-5-25(6-2)16-19-18(15-22-3)23-20-9-7-8-17-14-21(17,27(19)20)26-12-10-24(4)11-13-26;10-8-5-1-3-7-4-2-6-11-9(7)8/h7-8,17,22H,5-6,9-16H2,1-4H3;2,4,6,8H,1,3,5,10H2/t;8-/m.0/s1. The van der Waals surface area contributed by atoms with Crippen LogP contribution in [-0.2, 0) is 31.6 Å². The Bertz CT molecular complexity index is 1100. The number of rotatable bonds is 7. The highest BCUT2D eigenvalue weighted by Crippen LogP contribution is 2.56. The zero-order valence-electron chi connectivity index (χ0n) is 24.0. The Morgan fingerprint density at radius 2 is 1.97 bits per heavy atom. The largest absolute Gasteiger partial charge is 0.323 e. The molecule has 0 spiro atoms. The average Bonchev–Trinajstić information content (AvgIpc) is 3.58. The van der Waals surface area contributed by atoms with E-state index in [1.807, 2.05) is 19.3 Å². The SMILES string of the molecule is CCN(CC)Cc1c(CNC)nc2n1C1(N3CCN(C)CC3)CC1C=CC2.N[C@H]1CCCc2cccnc21. The molecule has 38 heavy (non-hydrogen) atoms. The number of aromatic nitrogens is 3. The third kappa shape index (κ3) is 5.34. The van der Waals surface area contributed by atoms with Crippen molar-refractivity contribution in [2.75, 3.05) is 53.4 Å². The van der Waals surface area contributed by atoms with E-state index in [4.69, 9.17) is 10.7 Å². The number of nitrogens with two attached hydrogens (primary N) is 1. The second-order valence-corrected chi connectivity index (χ2v) is 11.4. The van der Waals surface area contributed by atoms with Crippen molar-refractivity contribution in [2.24, 2.45) is 11.7 Å². The van der Waals surface area contributed by atoms with Gasteiger partial charge in [0.05, 0.1) is 17.1 Å². The summed E-state index contributed by atoms with van der Waals surface area (Å²) in [4.78, 5) is 17.2. The Labute approximate surface area is 229 Å². The fourth-order valence-corrected chi connectivity index (χ4v) is 6.70. The van der Waals surface area contributed by atoms with E-state index >= 15 is 0 Å². The van der Waals surface area contributed by atoms with Gasteiger partial charge in [-0.1, -0.05) is 32.1 Å². The number of hydrogen-bond donors (Lipinski definition) is 2. The molecule has 2 aromatic heterocycles. The molecule has 4 heterocycles. The van der Waals surface area contributed by atoms with Crippen molar-refractivity contribution in [3.8, 4) is 0 Å². The fraction of sp³-hybridized carbons (Fsp3) is 0.667. The highest BCUT2D eigenvalue weighted by Gasteiger charge is 2.60. The first-order valence-corrected chi connectivity index (χ1v) is 14.8. The van der Waals surface area contributed by atoms with Gasteiger partial charge in [-0.3, -0.25) is 14.8 Å². The van der Waals surface area contributed by atoms with Crippen LogP contribution in [0.3, 0.4) is 0 Å². The summed E-state index contributed by atoms with van der Waals surface area (Å²) >= 11 is 0. The van der Waals surface area contributed by atoms with Gasteiger partial charge < -0.3 is 20.5 Å². The second-order valence-electron chi connectivity index (χ2n) is 11.4. The van der Waals surface area contributed by atoms with Crippen LogP contribution in [-0.4, -0.2) is 82.6 Å². The number of likely N-dealkylation sites (N-methyl/N-ethyl adjacent to an activating group) is 1. The van der Waals surface area contributed by atoms with Gasteiger partial charge in [0.25, 0.3) is 0 Å². The Hall–Kier alpha value is -2.10. The molecule has 8 heteroatoms. The van der Waals surface area contributed by atoms with Crippen LogP contribution in [0, 0.1) is 5.92 Å². The first kappa shape index (κ1) is 27.5. The predicted molar refractivity (Wildman–Crippen MR) is 154 cm³/mol. The molecule has 0 amide bonds. The summed E-state index contributed by atoms with van der Waals surface area (Å²) in [6.07, 6.45) is 12.3. The maximum Gasteiger partial charge on any atom is 0.114 e. The molecule has 2 aromatic rings. The minimum Gasteiger partial charge on any atom is -0.323 e. The van der Waals surface area contributed by atoms with Crippen LogP contribution >= 0.6 is 0 Å². The van der Waals surface area contributed by atoms with Crippen molar-refractivity contribution in [3.05, 3.63) is 59.0 Å². The molecule has 208 valence electrons. The van der Waals surface area contributed by atoms with E-state index in [2.05, 4.69) is 68.7 Å². The van der Waals surface area contributed by atoms with Gasteiger partial charge in [-0.2, -0.15) is 0 Å². The number of piperazine rings is 1. The molecule has 6 rings (SSSR count). The molecule has 0 bridgehead atoms. The molecule has 0 aromatic carbocycles. The van der Waals surface area contributed by atoms with E-state index in [-0.39, 0.29) is 11.7 Å². The lowest BCUT2D eigenvalue weighted by atomic mass is 9.93. The molecule has 2 aliphatic carbocycles. The van der Waals surface area contributed by atoms with E-state index in [9.17, 15) is 0 Å². The molecular weight excluding hydrogens is 472 g/mol. The summed E-state index contributed by atoms with van der Waals surface area (Å²) in [6.45, 7) is 13.2. The summed E-state index contributed by atoms with van der Waals surface area (Å²) in [5.74, 6) is 1.90. The first-order chi connectivity index (χ1) is 18.5. The fourth-order valence-electron chi connectivity index (χ4n) is 6.70. The Morgan fingerprint density at radius 3 is 2.68 bits per heavy atom. The normalized spacial score (nSPS) is 26.7. The lowest BCUT2D eigenvalue weighted by Crippen LogP contribution is -2.52. The maximum absolute atomic E-state index is 5.88. The smallest absolute Gasteiger partial charge is 0.114 e. The zero-order valence-corrected chi connectivity index (χ0v) is 24.0. The van der Waals surface area contributed by atoms with Crippen LogP contribution < -0.4 is 11.1 Å². The number of hydrogen-bond acceptors (Lipinski definition) is 7. The topological polar surface area (TPSA) is 78.5 Å². The molecule has 3 N–H and O–H groups in total. The minimum atomic E-state index is 0.130. The van der Waals surface area contributed by atoms with Gasteiger partial charge in [0.1, 0.15) is 11.5 Å². The predicted octanol–water partition coefficient (Wildman–Crippen LogP) is 2.89.